The highest BCUT2D eigenvalue weighted by atomic mass is 16.5. The van der Waals surface area contributed by atoms with E-state index in [1.54, 1.807) is 12.1 Å². The smallest absolute Gasteiger partial charge is 0.169 e. The molecule has 1 unspecified atom stereocenters. The number of hydrogen-bond donors (Lipinski definition) is 4. The second-order valence-corrected chi connectivity index (χ2v) is 18.6. The SMILES string of the molecule is CC(C)OCC#Cc1cc(N2CCN(c3cc(-c4cccc(CN(C)CC#Cc5cc(N6[C@@H]7CC[C@H]6CN(c6cc(-c8ccccc8O)nnc6N)CC7)ccn5)c4O)nnc3N)CCC2C)ccn1. The van der Waals surface area contributed by atoms with Crippen molar-refractivity contribution in [3.05, 3.63) is 108 Å². The summed E-state index contributed by atoms with van der Waals surface area (Å²) in [6.45, 7) is 11.4. The first-order valence-electron chi connectivity index (χ1n) is 24.1. The molecule has 2 bridgehead atoms. The standard InChI is InChI=1S/C54H61N13O3/c1-36(2)70-29-9-12-40-30-42(18-22-57-40)66-28-27-64(25-20-37(66)3)49-33-48(60-61-53(49)55)46-14-7-10-38(52(46)69)34-63(4)24-8-11-39-31-43(19-23-58-39)67-41-16-17-44(67)35-65(26-21-41)50-32-47(59-62-54(50)56)45-13-5-6-15-51(45)68/h5-7,10,13-15,18-19,22-23,30-33,36-37,41,44,68-69H,16-17,20-21,24-29,34-35H2,1-4H3,(H2,55,61)(H2,56,62)/t37?,41-,44+/m1/s1. The number of benzene rings is 2. The number of nitrogens with two attached hydrogens (primary N) is 2. The Hall–Kier alpha value is -7.66. The molecule has 0 spiro atoms. The molecule has 0 saturated carbocycles. The van der Waals surface area contributed by atoms with E-state index in [9.17, 15) is 10.2 Å². The molecule has 9 rings (SSSR count). The minimum Gasteiger partial charge on any atom is -0.507 e. The fraction of sp³-hybridized carbons (Fsp3) is 0.370. The van der Waals surface area contributed by atoms with E-state index in [1.807, 2.05) is 87.9 Å². The number of nitrogen functional groups attached to an aromatic ring is 2. The van der Waals surface area contributed by atoms with Crippen LogP contribution in [0.3, 0.4) is 0 Å². The van der Waals surface area contributed by atoms with Gasteiger partial charge in [-0.05, 0) is 120 Å². The number of phenols is 2. The van der Waals surface area contributed by atoms with Gasteiger partial charge in [-0.1, -0.05) is 36.1 Å². The molecule has 0 aliphatic carbocycles. The molecule has 2 aromatic carbocycles. The number of phenolic OH excluding ortho intramolecular Hbond substituents is 2. The Bertz CT molecular complexity index is 2950. The maximum Gasteiger partial charge on any atom is 0.169 e. The first kappa shape index (κ1) is 47.4. The van der Waals surface area contributed by atoms with Crippen LogP contribution in [0, 0.1) is 23.7 Å². The van der Waals surface area contributed by atoms with Gasteiger partial charge in [0, 0.05) is 97.9 Å². The average Bonchev–Trinajstić information content (AvgIpc) is 3.52. The summed E-state index contributed by atoms with van der Waals surface area (Å²) in [5, 5.41) is 39.6. The highest BCUT2D eigenvalue weighted by Gasteiger charge is 2.38. The molecule has 360 valence electrons. The lowest BCUT2D eigenvalue weighted by molar-refractivity contribution is 0.107. The normalized spacial score (nSPS) is 18.0. The van der Waals surface area contributed by atoms with Crippen LogP contribution < -0.4 is 31.1 Å². The number of fused-ring (bicyclic) bond motifs is 2. The van der Waals surface area contributed by atoms with Crippen molar-refractivity contribution in [1.29, 1.82) is 0 Å². The molecule has 0 radical (unpaired) electrons. The minimum absolute atomic E-state index is 0.126. The lowest BCUT2D eigenvalue weighted by atomic mass is 10.0. The number of aromatic nitrogens is 6. The van der Waals surface area contributed by atoms with Gasteiger partial charge in [-0.2, -0.15) is 0 Å². The number of hydrogen-bond acceptors (Lipinski definition) is 16. The van der Waals surface area contributed by atoms with Crippen molar-refractivity contribution in [1.82, 2.24) is 35.3 Å². The fourth-order valence-electron chi connectivity index (χ4n) is 9.83. The lowest BCUT2D eigenvalue weighted by Gasteiger charge is -2.31. The van der Waals surface area contributed by atoms with E-state index in [2.05, 4.69) is 97.6 Å². The summed E-state index contributed by atoms with van der Waals surface area (Å²) < 4.78 is 5.57. The molecule has 7 heterocycles. The molecule has 6 aromatic rings. The topological polar surface area (TPSA) is 195 Å². The Kier molecular flexibility index (Phi) is 14.4. The predicted molar refractivity (Wildman–Crippen MR) is 276 cm³/mol. The van der Waals surface area contributed by atoms with E-state index >= 15 is 0 Å². The van der Waals surface area contributed by atoms with Gasteiger partial charge in [-0.15, -0.1) is 20.4 Å². The zero-order chi connectivity index (χ0) is 48.7. The van der Waals surface area contributed by atoms with E-state index in [1.165, 1.54) is 0 Å². The first-order chi connectivity index (χ1) is 34.0. The number of pyridine rings is 2. The van der Waals surface area contributed by atoms with Crippen molar-refractivity contribution in [3.63, 3.8) is 0 Å². The summed E-state index contributed by atoms with van der Waals surface area (Å²) in [7, 11) is 1.98. The monoisotopic (exact) mass is 940 g/mol. The number of anilines is 6. The molecule has 16 nitrogen and oxygen atoms in total. The van der Waals surface area contributed by atoms with Gasteiger partial charge >= 0.3 is 0 Å². The first-order valence-corrected chi connectivity index (χ1v) is 24.1. The third kappa shape index (κ3) is 10.8. The number of nitrogens with zero attached hydrogens (tertiary/aromatic N) is 11. The summed E-state index contributed by atoms with van der Waals surface area (Å²) in [6, 6.07) is 25.8. The van der Waals surface area contributed by atoms with Crippen molar-refractivity contribution in [2.45, 2.75) is 77.2 Å². The second kappa shape index (κ2) is 21.3. The van der Waals surface area contributed by atoms with E-state index in [-0.39, 0.29) is 29.7 Å². The van der Waals surface area contributed by atoms with Crippen LogP contribution in [0.5, 0.6) is 11.5 Å². The maximum absolute atomic E-state index is 11.7. The molecule has 0 amide bonds. The van der Waals surface area contributed by atoms with Gasteiger partial charge in [0.1, 0.15) is 29.5 Å². The van der Waals surface area contributed by atoms with E-state index < -0.39 is 0 Å². The number of para-hydroxylation sites is 2. The molecule has 3 aliphatic rings. The fourth-order valence-corrected chi connectivity index (χ4v) is 9.83. The van der Waals surface area contributed by atoms with Gasteiger partial charge in [0.2, 0.25) is 0 Å². The molecule has 3 fully saturated rings. The second-order valence-electron chi connectivity index (χ2n) is 18.6. The number of aromatic hydroxyl groups is 2. The molecule has 16 heteroatoms. The van der Waals surface area contributed by atoms with Crippen LogP contribution >= 0.6 is 0 Å². The zero-order valence-electron chi connectivity index (χ0n) is 40.3. The van der Waals surface area contributed by atoms with Crippen LogP contribution in [-0.4, -0.2) is 123 Å². The average molecular weight is 940 g/mol. The van der Waals surface area contributed by atoms with Gasteiger partial charge in [0.25, 0.3) is 0 Å². The third-order valence-electron chi connectivity index (χ3n) is 13.4. The number of rotatable bonds is 11. The molecule has 70 heavy (non-hydrogen) atoms. The van der Waals surface area contributed by atoms with Crippen LogP contribution in [0.1, 0.15) is 63.4 Å². The van der Waals surface area contributed by atoms with E-state index in [4.69, 9.17) is 16.2 Å². The molecular formula is C54H61N13O3. The highest BCUT2D eigenvalue weighted by Crippen LogP contribution is 2.39. The minimum atomic E-state index is 0.126. The van der Waals surface area contributed by atoms with Gasteiger partial charge in [-0.25, -0.2) is 9.97 Å². The molecular weight excluding hydrogens is 879 g/mol. The zero-order valence-corrected chi connectivity index (χ0v) is 40.3. The molecule has 4 aromatic heterocycles. The van der Waals surface area contributed by atoms with Crippen LogP contribution in [0.15, 0.2) is 91.3 Å². The third-order valence-corrected chi connectivity index (χ3v) is 13.4. The molecule has 6 N–H and O–H groups in total. The Morgan fingerprint density at radius 2 is 1.37 bits per heavy atom. The van der Waals surface area contributed by atoms with Crippen LogP contribution in [-0.2, 0) is 11.3 Å². The lowest BCUT2D eigenvalue weighted by Crippen LogP contribution is -2.39. The van der Waals surface area contributed by atoms with Gasteiger partial charge in [0.15, 0.2) is 11.6 Å². The quantitative estimate of drug-likeness (QED) is 0.102. The summed E-state index contributed by atoms with van der Waals surface area (Å²) in [5.41, 5.74) is 21.2. The summed E-state index contributed by atoms with van der Waals surface area (Å²) in [6.07, 6.45) is 7.79. The van der Waals surface area contributed by atoms with Gasteiger partial charge in [0.05, 0.1) is 35.4 Å². The van der Waals surface area contributed by atoms with Crippen LogP contribution in [0.25, 0.3) is 22.5 Å². The maximum atomic E-state index is 11.7. The van der Waals surface area contributed by atoms with Gasteiger partial charge in [-0.3, -0.25) is 4.90 Å². The molecule has 3 aliphatic heterocycles. The van der Waals surface area contributed by atoms with E-state index in [0.717, 1.165) is 80.2 Å². The van der Waals surface area contributed by atoms with Crippen LogP contribution in [0.2, 0.25) is 0 Å². The summed E-state index contributed by atoms with van der Waals surface area (Å²) in [4.78, 5) is 20.6. The summed E-state index contributed by atoms with van der Waals surface area (Å²) >= 11 is 0. The van der Waals surface area contributed by atoms with Crippen molar-refractivity contribution in [2.75, 3.05) is 84.0 Å². The van der Waals surface area contributed by atoms with Crippen molar-refractivity contribution >= 4 is 34.4 Å². The Morgan fingerprint density at radius 1 is 0.714 bits per heavy atom. The summed E-state index contributed by atoms with van der Waals surface area (Å²) in [5.74, 6) is 13.8. The van der Waals surface area contributed by atoms with Crippen LogP contribution in [0.4, 0.5) is 34.4 Å². The molecule has 3 atom stereocenters. The van der Waals surface area contributed by atoms with Crippen molar-refractivity contribution in [2.24, 2.45) is 0 Å². The molecule has 3 saturated heterocycles. The highest BCUT2D eigenvalue weighted by molar-refractivity contribution is 5.76. The largest absolute Gasteiger partial charge is 0.507 e. The Balaban J connectivity index is 0.832. The van der Waals surface area contributed by atoms with Gasteiger partial charge < -0.3 is 46.0 Å². The Morgan fingerprint density at radius 3 is 2.13 bits per heavy atom. The van der Waals surface area contributed by atoms with Crippen molar-refractivity contribution < 1.29 is 14.9 Å². The Labute approximate surface area is 410 Å². The number of ether oxygens (including phenoxy) is 1. The predicted octanol–water partition coefficient (Wildman–Crippen LogP) is 6.58. The van der Waals surface area contributed by atoms with E-state index in [0.29, 0.717) is 77.8 Å². The van der Waals surface area contributed by atoms with Crippen molar-refractivity contribution in [3.8, 4) is 57.7 Å².